The van der Waals surface area contributed by atoms with E-state index in [0.29, 0.717) is 5.56 Å². The van der Waals surface area contributed by atoms with Crippen molar-refractivity contribution in [2.75, 3.05) is 7.11 Å². The molecule has 1 aliphatic carbocycles. The Kier molecular flexibility index (Phi) is 3.13. The molecule has 1 aromatic rings. The van der Waals surface area contributed by atoms with Crippen molar-refractivity contribution in [2.24, 2.45) is 5.73 Å². The summed E-state index contributed by atoms with van der Waals surface area (Å²) in [4.78, 5) is 11.4. The summed E-state index contributed by atoms with van der Waals surface area (Å²) in [7, 11) is 1.67. The molecule has 2 rings (SSSR count). The first-order valence-electron chi connectivity index (χ1n) is 5.72. The van der Waals surface area contributed by atoms with Crippen molar-refractivity contribution >= 4 is 5.91 Å². The Labute approximate surface area is 95.6 Å². The molecule has 0 spiro atoms. The Bertz CT molecular complexity index is 413. The van der Waals surface area contributed by atoms with E-state index in [1.54, 1.807) is 13.2 Å². The molecule has 1 aromatic carbocycles. The van der Waals surface area contributed by atoms with E-state index < -0.39 is 0 Å². The number of amides is 1. The molecule has 3 heteroatoms. The predicted molar refractivity (Wildman–Crippen MR) is 62.8 cm³/mol. The van der Waals surface area contributed by atoms with Crippen molar-refractivity contribution in [3.63, 3.8) is 0 Å². The van der Waals surface area contributed by atoms with Crippen LogP contribution in [0.2, 0.25) is 0 Å². The van der Waals surface area contributed by atoms with Crippen molar-refractivity contribution < 1.29 is 9.53 Å². The van der Waals surface area contributed by atoms with E-state index in [9.17, 15) is 4.79 Å². The molecule has 0 aromatic heterocycles. The molecule has 0 fully saturated rings. The van der Waals surface area contributed by atoms with Gasteiger partial charge in [0.15, 0.2) is 0 Å². The van der Waals surface area contributed by atoms with Crippen LogP contribution in [0.1, 0.15) is 40.7 Å². The fourth-order valence-corrected chi connectivity index (χ4v) is 2.43. The average molecular weight is 219 g/mol. The number of hydrogen-bond donors (Lipinski definition) is 1. The molecule has 0 aliphatic heterocycles. The SMILES string of the molecule is COc1ccc(C(N)=O)c2c1CCCCC2. The number of rotatable bonds is 2. The van der Waals surface area contributed by atoms with Gasteiger partial charge in [0.1, 0.15) is 5.75 Å². The van der Waals surface area contributed by atoms with E-state index in [1.165, 1.54) is 12.0 Å². The van der Waals surface area contributed by atoms with Gasteiger partial charge in [0, 0.05) is 5.56 Å². The van der Waals surface area contributed by atoms with E-state index >= 15 is 0 Å². The molecule has 0 heterocycles. The zero-order chi connectivity index (χ0) is 11.5. The van der Waals surface area contributed by atoms with Crippen LogP contribution >= 0.6 is 0 Å². The molecule has 0 saturated carbocycles. The Morgan fingerprint density at radius 1 is 1.19 bits per heavy atom. The smallest absolute Gasteiger partial charge is 0.248 e. The maximum atomic E-state index is 11.4. The van der Waals surface area contributed by atoms with Gasteiger partial charge in [-0.3, -0.25) is 4.79 Å². The molecule has 0 atom stereocenters. The number of nitrogens with two attached hydrogens (primary N) is 1. The highest BCUT2D eigenvalue weighted by atomic mass is 16.5. The summed E-state index contributed by atoms with van der Waals surface area (Å²) in [6.45, 7) is 0. The first kappa shape index (κ1) is 11.0. The first-order valence-corrected chi connectivity index (χ1v) is 5.72. The largest absolute Gasteiger partial charge is 0.496 e. The fraction of sp³-hybridized carbons (Fsp3) is 0.462. The molecule has 0 saturated heterocycles. The third kappa shape index (κ3) is 1.90. The minimum Gasteiger partial charge on any atom is -0.496 e. The summed E-state index contributed by atoms with van der Waals surface area (Å²) in [6.07, 6.45) is 5.41. The lowest BCUT2D eigenvalue weighted by Gasteiger charge is -2.14. The van der Waals surface area contributed by atoms with Gasteiger partial charge in [-0.05, 0) is 48.9 Å². The van der Waals surface area contributed by atoms with Crippen LogP contribution in [0.4, 0.5) is 0 Å². The van der Waals surface area contributed by atoms with E-state index in [0.717, 1.165) is 37.0 Å². The van der Waals surface area contributed by atoms with Gasteiger partial charge in [0.05, 0.1) is 7.11 Å². The van der Waals surface area contributed by atoms with E-state index in [2.05, 4.69) is 0 Å². The van der Waals surface area contributed by atoms with Gasteiger partial charge in [0.25, 0.3) is 0 Å². The van der Waals surface area contributed by atoms with Crippen LogP contribution in [0.3, 0.4) is 0 Å². The molecule has 16 heavy (non-hydrogen) atoms. The molecule has 0 radical (unpaired) electrons. The molecular weight excluding hydrogens is 202 g/mol. The van der Waals surface area contributed by atoms with Crippen LogP contribution in [0.5, 0.6) is 5.75 Å². The minimum absolute atomic E-state index is 0.333. The maximum absolute atomic E-state index is 11.4. The lowest BCUT2D eigenvalue weighted by molar-refractivity contribution is 0.0999. The van der Waals surface area contributed by atoms with Crippen molar-refractivity contribution in [1.82, 2.24) is 0 Å². The van der Waals surface area contributed by atoms with Crippen molar-refractivity contribution in [3.8, 4) is 5.75 Å². The van der Waals surface area contributed by atoms with Gasteiger partial charge >= 0.3 is 0 Å². The van der Waals surface area contributed by atoms with Crippen molar-refractivity contribution in [1.29, 1.82) is 0 Å². The van der Waals surface area contributed by atoms with Gasteiger partial charge in [0.2, 0.25) is 5.91 Å². The molecule has 86 valence electrons. The monoisotopic (exact) mass is 219 g/mol. The second-order valence-electron chi connectivity index (χ2n) is 4.20. The second kappa shape index (κ2) is 4.56. The zero-order valence-corrected chi connectivity index (χ0v) is 9.58. The quantitative estimate of drug-likeness (QED) is 0.774. The Hall–Kier alpha value is -1.51. The van der Waals surface area contributed by atoms with Gasteiger partial charge in [-0.1, -0.05) is 6.42 Å². The predicted octanol–water partition coefficient (Wildman–Crippen LogP) is 2.06. The Morgan fingerprint density at radius 3 is 2.50 bits per heavy atom. The maximum Gasteiger partial charge on any atom is 0.248 e. The lowest BCUT2D eigenvalue weighted by Crippen LogP contribution is -2.15. The number of carbonyl (C=O) groups is 1. The molecule has 0 unspecified atom stereocenters. The third-order valence-corrected chi connectivity index (χ3v) is 3.23. The highest BCUT2D eigenvalue weighted by Gasteiger charge is 2.18. The third-order valence-electron chi connectivity index (χ3n) is 3.23. The summed E-state index contributed by atoms with van der Waals surface area (Å²) >= 11 is 0. The molecule has 1 amide bonds. The summed E-state index contributed by atoms with van der Waals surface area (Å²) in [5.74, 6) is 0.558. The molecule has 1 aliphatic rings. The highest BCUT2D eigenvalue weighted by Crippen LogP contribution is 2.31. The van der Waals surface area contributed by atoms with E-state index in [-0.39, 0.29) is 5.91 Å². The number of hydrogen-bond acceptors (Lipinski definition) is 2. The number of primary amides is 1. The number of methoxy groups -OCH3 is 1. The summed E-state index contributed by atoms with van der Waals surface area (Å²) < 4.78 is 5.35. The number of ether oxygens (including phenoxy) is 1. The summed E-state index contributed by atoms with van der Waals surface area (Å²) in [5, 5.41) is 0. The number of carbonyl (C=O) groups excluding carboxylic acids is 1. The summed E-state index contributed by atoms with van der Waals surface area (Å²) in [5.41, 5.74) is 8.34. The van der Waals surface area contributed by atoms with Crippen molar-refractivity contribution in [3.05, 3.63) is 28.8 Å². The van der Waals surface area contributed by atoms with Crippen LogP contribution < -0.4 is 10.5 Å². The van der Waals surface area contributed by atoms with Crippen LogP contribution in [-0.4, -0.2) is 13.0 Å². The zero-order valence-electron chi connectivity index (χ0n) is 9.58. The molecule has 0 bridgehead atoms. The summed E-state index contributed by atoms with van der Waals surface area (Å²) in [6, 6.07) is 3.63. The van der Waals surface area contributed by atoms with Gasteiger partial charge in [-0.2, -0.15) is 0 Å². The standard InChI is InChI=1S/C13H17NO2/c1-16-12-8-7-11(13(14)15)9-5-3-2-4-6-10(9)12/h7-8H,2-6H2,1H3,(H2,14,15). The first-order chi connectivity index (χ1) is 7.74. The normalized spacial score (nSPS) is 15.1. The van der Waals surface area contributed by atoms with E-state index in [1.807, 2.05) is 6.07 Å². The van der Waals surface area contributed by atoms with Crippen LogP contribution in [-0.2, 0) is 12.8 Å². The van der Waals surface area contributed by atoms with Crippen LogP contribution in [0.15, 0.2) is 12.1 Å². The molecule has 2 N–H and O–H groups in total. The van der Waals surface area contributed by atoms with Crippen LogP contribution in [0, 0.1) is 0 Å². The molecule has 3 nitrogen and oxygen atoms in total. The fourth-order valence-electron chi connectivity index (χ4n) is 2.43. The van der Waals surface area contributed by atoms with Gasteiger partial charge < -0.3 is 10.5 Å². The Balaban J connectivity index is 2.56. The topological polar surface area (TPSA) is 52.3 Å². The Morgan fingerprint density at radius 2 is 1.88 bits per heavy atom. The van der Waals surface area contributed by atoms with Gasteiger partial charge in [-0.25, -0.2) is 0 Å². The average Bonchev–Trinajstić information content (AvgIpc) is 2.52. The van der Waals surface area contributed by atoms with Crippen LogP contribution in [0.25, 0.3) is 0 Å². The molecular formula is C13H17NO2. The number of fused-ring (bicyclic) bond motifs is 1. The highest BCUT2D eigenvalue weighted by molar-refractivity contribution is 5.95. The van der Waals surface area contributed by atoms with Crippen molar-refractivity contribution in [2.45, 2.75) is 32.1 Å². The second-order valence-corrected chi connectivity index (χ2v) is 4.20. The minimum atomic E-state index is -0.333. The lowest BCUT2D eigenvalue weighted by atomic mass is 9.96. The van der Waals surface area contributed by atoms with E-state index in [4.69, 9.17) is 10.5 Å². The number of benzene rings is 1. The van der Waals surface area contributed by atoms with Gasteiger partial charge in [-0.15, -0.1) is 0 Å².